The van der Waals surface area contributed by atoms with Gasteiger partial charge in [0.15, 0.2) is 11.5 Å². The summed E-state index contributed by atoms with van der Waals surface area (Å²) in [5, 5.41) is 18.4. The Morgan fingerprint density at radius 2 is 1.67 bits per heavy atom. The maximum Gasteiger partial charge on any atom is 0.308 e. The van der Waals surface area contributed by atoms with Gasteiger partial charge in [0.05, 0.1) is 13.3 Å². The van der Waals surface area contributed by atoms with Crippen LogP contribution in [-0.4, -0.2) is 42.8 Å². The fourth-order valence-electron chi connectivity index (χ4n) is 5.07. The number of methoxy groups -OCH3 is 1. The van der Waals surface area contributed by atoms with Crippen LogP contribution in [0.25, 0.3) is 0 Å². The van der Waals surface area contributed by atoms with Gasteiger partial charge in [-0.1, -0.05) is 24.3 Å². The molecule has 221 valence electrons. The van der Waals surface area contributed by atoms with Crippen molar-refractivity contribution in [3.8, 4) is 17.2 Å². The smallest absolute Gasteiger partial charge is 0.308 e. The van der Waals surface area contributed by atoms with E-state index in [1.54, 1.807) is 37.6 Å². The van der Waals surface area contributed by atoms with Crippen molar-refractivity contribution in [3.05, 3.63) is 95.2 Å². The minimum Gasteiger partial charge on any atom is -0.497 e. The molecule has 0 amide bonds. The summed E-state index contributed by atoms with van der Waals surface area (Å²) >= 11 is 0. The number of hydrogen-bond acceptors (Lipinski definition) is 8. The number of likely N-dealkylation sites (N-methyl/N-ethyl adjacent to an activating group) is 1. The number of carbonyl (C=O) groups excluding carboxylic acids is 2. The van der Waals surface area contributed by atoms with Gasteiger partial charge in [-0.3, -0.25) is 9.59 Å². The first-order chi connectivity index (χ1) is 19.7. The molecule has 0 saturated carbocycles. The average molecular weight is 615 g/mol. The standard InChI is InChI=1S/C32H33N3O6.Co/c1-6-35-27-14-13-25(39-5)19-26(27)32(4,30(35)16-17-33-34-31(38)24-10-8-7-9-11-24)20-23-12-15-28(40-21(2)36)29(18-23)41-22(3)37;/h7-19H,6,20H2,1-5H3,(H,34,38);/b30-16-,33-17+;. The van der Waals surface area contributed by atoms with Gasteiger partial charge >= 0.3 is 11.9 Å². The Bertz CT molecular complexity index is 1540. The third-order valence-electron chi connectivity index (χ3n) is 6.82. The van der Waals surface area contributed by atoms with Crippen molar-refractivity contribution in [2.24, 2.45) is 10.2 Å². The fraction of sp³-hybridized carbons (Fsp3) is 0.250. The van der Waals surface area contributed by atoms with Crippen LogP contribution in [0.5, 0.6) is 17.2 Å². The molecule has 1 aliphatic heterocycles. The maximum atomic E-state index is 11.8. The Morgan fingerprint density at radius 1 is 0.976 bits per heavy atom. The SMILES string of the molecule is CCN1\C(=C/C=N/N=C(\O)c2ccccc2)C(C)(Cc2ccc(OC(C)=O)c(OC(C)=O)c2)c2cc(OC)ccc21.[Co]. The number of carbonyl (C=O) groups is 2. The number of rotatable bonds is 9. The topological polar surface area (TPSA) is 110 Å². The Labute approximate surface area is 255 Å². The number of aliphatic hydroxyl groups is 1. The molecular formula is C32H33CoN3O6. The van der Waals surface area contributed by atoms with Crippen molar-refractivity contribution in [1.82, 2.24) is 0 Å². The van der Waals surface area contributed by atoms with Crippen LogP contribution in [-0.2, 0) is 38.2 Å². The normalized spacial score (nSPS) is 17.1. The maximum absolute atomic E-state index is 11.8. The van der Waals surface area contributed by atoms with E-state index in [0.29, 0.717) is 18.5 Å². The van der Waals surface area contributed by atoms with Gasteiger partial charge in [-0.15, -0.1) is 5.10 Å². The Morgan fingerprint density at radius 3 is 2.31 bits per heavy atom. The third-order valence-corrected chi connectivity index (χ3v) is 6.82. The van der Waals surface area contributed by atoms with Gasteiger partial charge < -0.3 is 24.2 Å². The van der Waals surface area contributed by atoms with Crippen molar-refractivity contribution >= 4 is 29.7 Å². The molecule has 42 heavy (non-hydrogen) atoms. The van der Waals surface area contributed by atoms with E-state index in [-0.39, 0.29) is 34.2 Å². The van der Waals surface area contributed by atoms with Crippen LogP contribution in [0.2, 0.25) is 0 Å². The summed E-state index contributed by atoms with van der Waals surface area (Å²) in [5.41, 5.74) is 3.90. The molecule has 1 radical (unpaired) electrons. The van der Waals surface area contributed by atoms with Crippen molar-refractivity contribution in [2.45, 2.75) is 39.5 Å². The Kier molecular flexibility index (Phi) is 10.7. The minimum atomic E-state index is -0.562. The van der Waals surface area contributed by atoms with Crippen LogP contribution in [0.1, 0.15) is 44.4 Å². The van der Waals surface area contributed by atoms with E-state index in [2.05, 4.69) is 29.0 Å². The molecule has 1 unspecified atom stereocenters. The number of ether oxygens (including phenoxy) is 3. The monoisotopic (exact) mass is 614 g/mol. The van der Waals surface area contributed by atoms with Gasteiger partial charge in [0, 0.05) is 59.5 Å². The number of allylic oxidation sites excluding steroid dienone is 2. The van der Waals surface area contributed by atoms with Crippen LogP contribution in [0.3, 0.4) is 0 Å². The molecule has 0 fully saturated rings. The second-order valence-electron chi connectivity index (χ2n) is 9.71. The Balaban J connectivity index is 0.00000484. The van der Waals surface area contributed by atoms with Gasteiger partial charge in [-0.05, 0) is 79.9 Å². The minimum absolute atomic E-state index is 0. The largest absolute Gasteiger partial charge is 0.497 e. The zero-order valence-corrected chi connectivity index (χ0v) is 25.1. The summed E-state index contributed by atoms with van der Waals surface area (Å²) in [6, 6.07) is 20.2. The summed E-state index contributed by atoms with van der Waals surface area (Å²) in [5.74, 6) is -0.151. The summed E-state index contributed by atoms with van der Waals surface area (Å²) in [6.07, 6.45) is 3.96. The average Bonchev–Trinajstić information content (AvgIpc) is 3.18. The second kappa shape index (κ2) is 14.0. The molecule has 4 rings (SSSR count). The van der Waals surface area contributed by atoms with E-state index in [1.165, 1.54) is 13.8 Å². The zero-order chi connectivity index (χ0) is 29.6. The van der Waals surface area contributed by atoms with Crippen LogP contribution in [0, 0.1) is 0 Å². The zero-order valence-electron chi connectivity index (χ0n) is 24.1. The van der Waals surface area contributed by atoms with Gasteiger partial charge in [-0.2, -0.15) is 5.10 Å². The molecule has 0 aromatic heterocycles. The van der Waals surface area contributed by atoms with E-state index in [4.69, 9.17) is 14.2 Å². The van der Waals surface area contributed by atoms with Gasteiger partial charge in [0.1, 0.15) is 5.75 Å². The summed E-state index contributed by atoms with van der Waals surface area (Å²) in [7, 11) is 1.63. The van der Waals surface area contributed by atoms with E-state index < -0.39 is 17.4 Å². The van der Waals surface area contributed by atoms with Gasteiger partial charge in [0.25, 0.3) is 0 Å². The molecule has 1 N–H and O–H groups in total. The van der Waals surface area contributed by atoms with Crippen molar-refractivity contribution in [1.29, 1.82) is 0 Å². The summed E-state index contributed by atoms with van der Waals surface area (Å²) in [4.78, 5) is 25.6. The first-order valence-corrected chi connectivity index (χ1v) is 13.2. The molecule has 10 heteroatoms. The van der Waals surface area contributed by atoms with Crippen LogP contribution >= 0.6 is 0 Å². The van der Waals surface area contributed by atoms with Crippen molar-refractivity contribution in [2.75, 3.05) is 18.6 Å². The molecule has 0 saturated heterocycles. The predicted octanol–water partition coefficient (Wildman–Crippen LogP) is 5.76. The molecular weight excluding hydrogens is 581 g/mol. The van der Waals surface area contributed by atoms with E-state index in [1.807, 2.05) is 48.5 Å². The number of nitrogens with zero attached hydrogens (tertiary/aromatic N) is 3. The number of benzene rings is 3. The van der Waals surface area contributed by atoms with E-state index >= 15 is 0 Å². The molecule has 0 aliphatic carbocycles. The molecule has 9 nitrogen and oxygen atoms in total. The van der Waals surface area contributed by atoms with Gasteiger partial charge in [0.2, 0.25) is 5.90 Å². The molecule has 3 aromatic carbocycles. The number of esters is 2. The number of hydrogen-bond donors (Lipinski definition) is 1. The summed E-state index contributed by atoms with van der Waals surface area (Å²) < 4.78 is 16.2. The van der Waals surface area contributed by atoms with Crippen LogP contribution in [0.15, 0.2) is 88.7 Å². The first-order valence-electron chi connectivity index (χ1n) is 13.2. The number of anilines is 1. The molecule has 1 atom stereocenters. The molecule has 0 spiro atoms. The van der Waals surface area contributed by atoms with Gasteiger partial charge in [-0.25, -0.2) is 0 Å². The fourth-order valence-corrected chi connectivity index (χ4v) is 5.07. The van der Waals surface area contributed by atoms with Crippen LogP contribution in [0.4, 0.5) is 5.69 Å². The quantitative estimate of drug-likeness (QED) is 0.107. The van der Waals surface area contributed by atoms with Crippen LogP contribution < -0.4 is 19.1 Å². The first kappa shape index (κ1) is 32.1. The molecule has 3 aromatic rings. The molecule has 1 aliphatic rings. The van der Waals surface area contributed by atoms with E-state index in [0.717, 1.165) is 28.3 Å². The third kappa shape index (κ3) is 7.07. The predicted molar refractivity (Wildman–Crippen MR) is 158 cm³/mol. The molecule has 0 bridgehead atoms. The number of aliphatic hydroxyl groups excluding tert-OH is 1. The second-order valence-corrected chi connectivity index (χ2v) is 9.71. The number of fused-ring (bicyclic) bond motifs is 1. The van der Waals surface area contributed by atoms with E-state index in [9.17, 15) is 14.7 Å². The van der Waals surface area contributed by atoms with Crippen molar-refractivity contribution < 1.29 is 45.7 Å². The molecule has 1 heterocycles. The Hall–Kier alpha value is -4.41. The van der Waals surface area contributed by atoms with Crippen molar-refractivity contribution in [3.63, 3.8) is 0 Å². The summed E-state index contributed by atoms with van der Waals surface area (Å²) in [6.45, 7) is 7.46.